The van der Waals surface area contributed by atoms with Gasteiger partial charge in [0.1, 0.15) is 5.76 Å². The van der Waals surface area contributed by atoms with E-state index in [9.17, 15) is 4.79 Å². The number of hydrogen-bond acceptors (Lipinski definition) is 3. The number of nitrogens with one attached hydrogen (secondary N) is 1. The van der Waals surface area contributed by atoms with Gasteiger partial charge in [0.25, 0.3) is 5.91 Å². The SMILES string of the molecule is Nc1cc(C(=O)NCc2ccco2)ccc1Br. The average molecular weight is 295 g/mol. The number of nitrogen functional groups attached to an aromatic ring is 1. The first-order valence-electron chi connectivity index (χ1n) is 5.02. The molecule has 0 aliphatic heterocycles. The fourth-order valence-corrected chi connectivity index (χ4v) is 1.61. The van der Waals surface area contributed by atoms with Gasteiger partial charge in [-0.15, -0.1) is 0 Å². The number of amides is 1. The molecule has 0 fully saturated rings. The van der Waals surface area contributed by atoms with Gasteiger partial charge in [-0.3, -0.25) is 4.79 Å². The topological polar surface area (TPSA) is 68.3 Å². The van der Waals surface area contributed by atoms with Crippen LogP contribution in [0.4, 0.5) is 5.69 Å². The van der Waals surface area contributed by atoms with Crippen molar-refractivity contribution >= 4 is 27.5 Å². The molecule has 1 aromatic carbocycles. The van der Waals surface area contributed by atoms with Gasteiger partial charge in [-0.25, -0.2) is 0 Å². The second-order valence-electron chi connectivity index (χ2n) is 3.50. The summed E-state index contributed by atoms with van der Waals surface area (Å²) >= 11 is 3.28. The Balaban J connectivity index is 2.02. The van der Waals surface area contributed by atoms with E-state index in [4.69, 9.17) is 10.2 Å². The Kier molecular flexibility index (Phi) is 3.49. The third-order valence-electron chi connectivity index (χ3n) is 2.26. The molecule has 0 unspecified atom stereocenters. The lowest BCUT2D eigenvalue weighted by molar-refractivity contribution is 0.0948. The highest BCUT2D eigenvalue weighted by molar-refractivity contribution is 9.10. The summed E-state index contributed by atoms with van der Waals surface area (Å²) < 4.78 is 5.89. The molecule has 3 N–H and O–H groups in total. The van der Waals surface area contributed by atoms with E-state index in [0.29, 0.717) is 23.6 Å². The first kappa shape index (κ1) is 11.7. The van der Waals surface area contributed by atoms with Gasteiger partial charge >= 0.3 is 0 Å². The minimum atomic E-state index is -0.180. The molecule has 0 aliphatic carbocycles. The predicted octanol–water partition coefficient (Wildman–Crippen LogP) is 2.55. The van der Waals surface area contributed by atoms with Crippen molar-refractivity contribution in [2.75, 3.05) is 5.73 Å². The highest BCUT2D eigenvalue weighted by Gasteiger charge is 2.07. The lowest BCUT2D eigenvalue weighted by Crippen LogP contribution is -2.22. The van der Waals surface area contributed by atoms with Gasteiger partial charge in [0.2, 0.25) is 0 Å². The van der Waals surface area contributed by atoms with Crippen LogP contribution in [0.2, 0.25) is 0 Å². The van der Waals surface area contributed by atoms with Crippen LogP contribution in [-0.4, -0.2) is 5.91 Å². The van der Waals surface area contributed by atoms with E-state index in [0.717, 1.165) is 4.47 Å². The summed E-state index contributed by atoms with van der Waals surface area (Å²) in [4.78, 5) is 11.8. The van der Waals surface area contributed by atoms with Crippen LogP contribution in [0.25, 0.3) is 0 Å². The van der Waals surface area contributed by atoms with Gasteiger partial charge in [0.05, 0.1) is 12.8 Å². The molecule has 1 aromatic heterocycles. The van der Waals surface area contributed by atoms with E-state index in [1.165, 1.54) is 0 Å². The maximum absolute atomic E-state index is 11.8. The molecule has 2 rings (SSSR count). The molecule has 1 heterocycles. The van der Waals surface area contributed by atoms with Crippen LogP contribution in [0.15, 0.2) is 45.5 Å². The Labute approximate surface area is 107 Å². The largest absolute Gasteiger partial charge is 0.467 e. The molecule has 88 valence electrons. The highest BCUT2D eigenvalue weighted by Crippen LogP contribution is 2.20. The molecule has 1 amide bonds. The molecule has 4 nitrogen and oxygen atoms in total. The fraction of sp³-hybridized carbons (Fsp3) is 0.0833. The third kappa shape index (κ3) is 2.88. The summed E-state index contributed by atoms with van der Waals surface area (Å²) in [6, 6.07) is 8.66. The smallest absolute Gasteiger partial charge is 0.251 e. The summed E-state index contributed by atoms with van der Waals surface area (Å²) in [5.74, 6) is 0.532. The van der Waals surface area contributed by atoms with Crippen molar-refractivity contribution in [3.8, 4) is 0 Å². The zero-order valence-corrected chi connectivity index (χ0v) is 10.5. The molecule has 2 aromatic rings. The number of rotatable bonds is 3. The number of benzene rings is 1. The van der Waals surface area contributed by atoms with Crippen LogP contribution in [0.5, 0.6) is 0 Å². The van der Waals surface area contributed by atoms with E-state index in [2.05, 4.69) is 21.2 Å². The van der Waals surface area contributed by atoms with E-state index >= 15 is 0 Å². The molecule has 0 bridgehead atoms. The molecular formula is C12H11BrN2O2. The number of halogens is 1. The zero-order valence-electron chi connectivity index (χ0n) is 8.94. The second-order valence-corrected chi connectivity index (χ2v) is 4.35. The molecule has 0 radical (unpaired) electrons. The first-order chi connectivity index (χ1) is 8.16. The van der Waals surface area contributed by atoms with Crippen molar-refractivity contribution in [2.45, 2.75) is 6.54 Å². The lowest BCUT2D eigenvalue weighted by Gasteiger charge is -2.05. The summed E-state index contributed by atoms with van der Waals surface area (Å²) in [5, 5.41) is 2.74. The minimum absolute atomic E-state index is 0.180. The van der Waals surface area contributed by atoms with Crippen LogP contribution in [0.3, 0.4) is 0 Å². The molecule has 0 saturated carbocycles. The second kappa shape index (κ2) is 5.05. The summed E-state index contributed by atoms with van der Waals surface area (Å²) in [6.45, 7) is 0.363. The van der Waals surface area contributed by atoms with Gasteiger partial charge < -0.3 is 15.5 Å². The Morgan fingerprint density at radius 3 is 2.88 bits per heavy atom. The Hall–Kier alpha value is -1.75. The Bertz CT molecular complexity index is 523. The normalized spacial score (nSPS) is 10.2. The van der Waals surface area contributed by atoms with Crippen molar-refractivity contribution in [1.29, 1.82) is 0 Å². The maximum Gasteiger partial charge on any atom is 0.251 e. The van der Waals surface area contributed by atoms with Crippen LogP contribution < -0.4 is 11.1 Å². The molecule has 0 aliphatic rings. The van der Waals surface area contributed by atoms with Gasteiger partial charge in [-0.2, -0.15) is 0 Å². The number of anilines is 1. The average Bonchev–Trinajstić information content (AvgIpc) is 2.82. The molecule has 0 saturated heterocycles. The quantitative estimate of drug-likeness (QED) is 0.855. The lowest BCUT2D eigenvalue weighted by atomic mass is 10.2. The number of nitrogens with two attached hydrogens (primary N) is 1. The van der Waals surface area contributed by atoms with Gasteiger partial charge in [-0.1, -0.05) is 0 Å². The molecule has 5 heteroatoms. The minimum Gasteiger partial charge on any atom is -0.467 e. The van der Waals surface area contributed by atoms with Crippen LogP contribution in [0.1, 0.15) is 16.1 Å². The standard InChI is InChI=1S/C12H11BrN2O2/c13-10-4-3-8(6-11(10)14)12(16)15-7-9-2-1-5-17-9/h1-6H,7,14H2,(H,15,16). The van der Waals surface area contributed by atoms with E-state index in [-0.39, 0.29) is 5.91 Å². The summed E-state index contributed by atoms with van der Waals surface area (Å²) in [7, 11) is 0. The number of furan rings is 1. The Morgan fingerprint density at radius 2 is 2.24 bits per heavy atom. The van der Waals surface area contributed by atoms with Crippen molar-refractivity contribution in [3.63, 3.8) is 0 Å². The van der Waals surface area contributed by atoms with Crippen LogP contribution in [0, 0.1) is 0 Å². The highest BCUT2D eigenvalue weighted by atomic mass is 79.9. The maximum atomic E-state index is 11.8. The van der Waals surface area contributed by atoms with Crippen molar-refractivity contribution in [3.05, 3.63) is 52.4 Å². The fourth-order valence-electron chi connectivity index (χ4n) is 1.37. The van der Waals surface area contributed by atoms with Crippen LogP contribution in [-0.2, 0) is 6.54 Å². The molecule has 0 atom stereocenters. The van der Waals surface area contributed by atoms with E-state index in [1.54, 1.807) is 36.6 Å². The zero-order chi connectivity index (χ0) is 12.3. The van der Waals surface area contributed by atoms with Crippen molar-refractivity contribution < 1.29 is 9.21 Å². The van der Waals surface area contributed by atoms with E-state index in [1.807, 2.05) is 0 Å². The van der Waals surface area contributed by atoms with Gasteiger partial charge in [-0.05, 0) is 46.3 Å². The van der Waals surface area contributed by atoms with Crippen LogP contribution >= 0.6 is 15.9 Å². The Morgan fingerprint density at radius 1 is 1.41 bits per heavy atom. The molecule has 0 spiro atoms. The third-order valence-corrected chi connectivity index (χ3v) is 2.98. The van der Waals surface area contributed by atoms with Gasteiger partial charge in [0, 0.05) is 15.7 Å². The predicted molar refractivity (Wildman–Crippen MR) is 68.4 cm³/mol. The molecular weight excluding hydrogens is 284 g/mol. The van der Waals surface area contributed by atoms with Gasteiger partial charge in [0.15, 0.2) is 0 Å². The first-order valence-corrected chi connectivity index (χ1v) is 5.82. The molecule has 17 heavy (non-hydrogen) atoms. The monoisotopic (exact) mass is 294 g/mol. The summed E-state index contributed by atoms with van der Waals surface area (Å²) in [6.07, 6.45) is 1.57. The van der Waals surface area contributed by atoms with Crippen molar-refractivity contribution in [1.82, 2.24) is 5.32 Å². The van der Waals surface area contributed by atoms with Crippen molar-refractivity contribution in [2.24, 2.45) is 0 Å². The number of carbonyl (C=O) groups is 1. The number of hydrogen-bond donors (Lipinski definition) is 2. The summed E-state index contributed by atoms with van der Waals surface area (Å²) in [5.41, 5.74) is 6.77. The van der Waals surface area contributed by atoms with E-state index < -0.39 is 0 Å². The number of carbonyl (C=O) groups excluding carboxylic acids is 1.